The Labute approximate surface area is 200 Å². The summed E-state index contributed by atoms with van der Waals surface area (Å²) in [5.74, 6) is 0.289. The van der Waals surface area contributed by atoms with Gasteiger partial charge in [0.05, 0.1) is 18.4 Å². The van der Waals surface area contributed by atoms with Crippen LogP contribution in [-0.2, 0) is 11.3 Å². The first-order valence-electron chi connectivity index (χ1n) is 11.5. The third-order valence-corrected chi connectivity index (χ3v) is 7.16. The monoisotopic (exact) mass is 483 g/mol. The molecule has 1 N–H and O–H groups in total. The van der Waals surface area contributed by atoms with Gasteiger partial charge in [-0.2, -0.15) is 0 Å². The predicted octanol–water partition coefficient (Wildman–Crippen LogP) is 3.80. The zero-order valence-electron chi connectivity index (χ0n) is 18.7. The van der Waals surface area contributed by atoms with Gasteiger partial charge in [0.15, 0.2) is 16.8 Å². The third kappa shape index (κ3) is 4.92. The van der Waals surface area contributed by atoms with E-state index in [-0.39, 0.29) is 29.4 Å². The number of rotatable bonds is 8. The van der Waals surface area contributed by atoms with Crippen LogP contribution in [0, 0.1) is 5.82 Å². The molecule has 2 aromatic heterocycles. The van der Waals surface area contributed by atoms with E-state index in [4.69, 9.17) is 4.74 Å². The van der Waals surface area contributed by atoms with Crippen molar-refractivity contribution in [2.24, 2.45) is 0 Å². The summed E-state index contributed by atoms with van der Waals surface area (Å²) >= 11 is 1.30. The summed E-state index contributed by atoms with van der Waals surface area (Å²) < 4.78 is 21.2. The standard InChI is InChI=1S/C24H26FN5O3S/c25-18-7-5-16(6-8-18)22-27-28-24(30(22)14-19-4-3-11-33-19)34-15-21(31)17-12-20(26-13-17)23(32)29-9-1-2-10-29/h5-8,12-13,19,26H,1-4,9-11,14-15H2/t19-/m1/s1. The maximum Gasteiger partial charge on any atom is 0.270 e. The summed E-state index contributed by atoms with van der Waals surface area (Å²) in [6, 6.07) is 7.76. The highest BCUT2D eigenvalue weighted by Gasteiger charge is 2.24. The van der Waals surface area contributed by atoms with E-state index in [0.717, 1.165) is 50.9 Å². The maximum absolute atomic E-state index is 13.4. The minimum absolute atomic E-state index is 0.0501. The number of hydrogen-bond donors (Lipinski definition) is 1. The molecule has 1 amide bonds. The molecule has 2 fully saturated rings. The average Bonchev–Trinajstić information content (AvgIpc) is 3.66. The number of aromatic amines is 1. The summed E-state index contributed by atoms with van der Waals surface area (Å²) in [6.45, 7) is 2.81. The lowest BCUT2D eigenvalue weighted by molar-refractivity contribution is 0.0787. The first-order valence-corrected chi connectivity index (χ1v) is 12.5. The number of carbonyl (C=O) groups is 2. The molecule has 0 saturated carbocycles. The van der Waals surface area contributed by atoms with Crippen molar-refractivity contribution >= 4 is 23.5 Å². The number of nitrogens with one attached hydrogen (secondary N) is 1. The van der Waals surface area contributed by atoms with E-state index in [1.165, 1.54) is 23.9 Å². The van der Waals surface area contributed by atoms with Crippen molar-refractivity contribution in [1.29, 1.82) is 0 Å². The predicted molar refractivity (Wildman–Crippen MR) is 125 cm³/mol. The van der Waals surface area contributed by atoms with Crippen molar-refractivity contribution in [3.8, 4) is 11.4 Å². The molecule has 10 heteroatoms. The highest BCUT2D eigenvalue weighted by Crippen LogP contribution is 2.27. The van der Waals surface area contributed by atoms with Crippen molar-refractivity contribution < 1.29 is 18.7 Å². The van der Waals surface area contributed by atoms with Crippen LogP contribution >= 0.6 is 11.8 Å². The highest BCUT2D eigenvalue weighted by atomic mass is 32.2. The van der Waals surface area contributed by atoms with Gasteiger partial charge in [0.1, 0.15) is 11.5 Å². The Bertz CT molecular complexity index is 1160. The molecule has 2 aliphatic heterocycles. The molecule has 5 rings (SSSR count). The maximum atomic E-state index is 13.4. The molecule has 1 aromatic carbocycles. The first-order chi connectivity index (χ1) is 16.6. The smallest absolute Gasteiger partial charge is 0.270 e. The zero-order chi connectivity index (χ0) is 23.5. The van der Waals surface area contributed by atoms with Crippen LogP contribution in [0.4, 0.5) is 4.39 Å². The van der Waals surface area contributed by atoms with Crippen molar-refractivity contribution in [3.05, 3.63) is 53.6 Å². The van der Waals surface area contributed by atoms with E-state index < -0.39 is 0 Å². The molecule has 3 aromatic rings. The number of carbonyl (C=O) groups excluding carboxylic acids is 2. The van der Waals surface area contributed by atoms with Gasteiger partial charge in [0, 0.05) is 37.0 Å². The van der Waals surface area contributed by atoms with Gasteiger partial charge in [0.25, 0.3) is 5.91 Å². The number of likely N-dealkylation sites (tertiary alicyclic amines) is 1. The first kappa shape index (κ1) is 22.8. The van der Waals surface area contributed by atoms with Crippen LogP contribution in [0.2, 0.25) is 0 Å². The fourth-order valence-corrected chi connectivity index (χ4v) is 5.19. The molecule has 178 valence electrons. The van der Waals surface area contributed by atoms with Crippen LogP contribution < -0.4 is 0 Å². The minimum Gasteiger partial charge on any atom is -0.376 e. The zero-order valence-corrected chi connectivity index (χ0v) is 19.5. The second-order valence-electron chi connectivity index (χ2n) is 8.57. The van der Waals surface area contributed by atoms with E-state index >= 15 is 0 Å². The Morgan fingerprint density at radius 2 is 1.94 bits per heavy atom. The van der Waals surface area contributed by atoms with Gasteiger partial charge in [-0.3, -0.25) is 14.2 Å². The lowest BCUT2D eigenvalue weighted by Gasteiger charge is -2.14. The van der Waals surface area contributed by atoms with Crippen LogP contribution in [-0.4, -0.2) is 67.9 Å². The van der Waals surface area contributed by atoms with Crippen LogP contribution in [0.1, 0.15) is 46.5 Å². The molecule has 8 nitrogen and oxygen atoms in total. The average molecular weight is 484 g/mol. The Hall–Kier alpha value is -2.98. The number of thioether (sulfide) groups is 1. The van der Waals surface area contributed by atoms with E-state index in [1.807, 2.05) is 4.57 Å². The highest BCUT2D eigenvalue weighted by molar-refractivity contribution is 7.99. The van der Waals surface area contributed by atoms with Gasteiger partial charge in [-0.1, -0.05) is 11.8 Å². The minimum atomic E-state index is -0.316. The van der Waals surface area contributed by atoms with E-state index in [1.54, 1.807) is 29.3 Å². The molecular weight excluding hydrogens is 457 g/mol. The number of aromatic nitrogens is 4. The van der Waals surface area contributed by atoms with Crippen LogP contribution in [0.3, 0.4) is 0 Å². The molecule has 0 radical (unpaired) electrons. The fourth-order valence-electron chi connectivity index (χ4n) is 4.35. The van der Waals surface area contributed by atoms with Crippen LogP contribution in [0.25, 0.3) is 11.4 Å². The Balaban J connectivity index is 1.30. The molecule has 2 saturated heterocycles. The summed E-state index contributed by atoms with van der Waals surface area (Å²) in [5.41, 5.74) is 1.66. The lowest BCUT2D eigenvalue weighted by atomic mass is 10.2. The number of nitrogens with zero attached hydrogens (tertiary/aromatic N) is 4. The number of Topliss-reactive ketones (excluding diaryl/α,β-unsaturated/α-hetero) is 1. The van der Waals surface area contributed by atoms with Crippen molar-refractivity contribution in [2.75, 3.05) is 25.4 Å². The Kier molecular flexibility index (Phi) is 6.77. The summed E-state index contributed by atoms with van der Waals surface area (Å²) in [7, 11) is 0. The second kappa shape index (κ2) is 10.1. The topological polar surface area (TPSA) is 93.1 Å². The van der Waals surface area contributed by atoms with E-state index in [0.29, 0.717) is 28.8 Å². The van der Waals surface area contributed by atoms with Crippen LogP contribution in [0.15, 0.2) is 41.7 Å². The molecular formula is C24H26FN5O3S. The molecule has 0 spiro atoms. The van der Waals surface area contributed by atoms with E-state index in [2.05, 4.69) is 15.2 Å². The number of H-pyrrole nitrogens is 1. The van der Waals surface area contributed by atoms with Gasteiger partial charge in [0.2, 0.25) is 0 Å². The quantitative estimate of drug-likeness (QED) is 0.387. The number of amides is 1. The summed E-state index contributed by atoms with van der Waals surface area (Å²) in [4.78, 5) is 30.2. The SMILES string of the molecule is O=C(CSc1nnc(-c2ccc(F)cc2)n1C[C@H]1CCCO1)c1c[nH]c(C(=O)N2CCCC2)c1. The number of benzene rings is 1. The number of hydrogen-bond acceptors (Lipinski definition) is 6. The van der Waals surface area contributed by atoms with Gasteiger partial charge >= 0.3 is 0 Å². The number of ether oxygens (including phenoxy) is 1. The Morgan fingerprint density at radius 1 is 1.15 bits per heavy atom. The molecule has 34 heavy (non-hydrogen) atoms. The third-order valence-electron chi connectivity index (χ3n) is 6.19. The molecule has 4 heterocycles. The number of halogens is 1. The largest absolute Gasteiger partial charge is 0.376 e. The molecule has 0 bridgehead atoms. The van der Waals surface area contributed by atoms with E-state index in [9.17, 15) is 14.0 Å². The summed E-state index contributed by atoms with van der Waals surface area (Å²) in [5, 5.41) is 9.24. The molecule has 0 aliphatic carbocycles. The van der Waals surface area contributed by atoms with Crippen molar-refractivity contribution in [3.63, 3.8) is 0 Å². The fraction of sp³-hybridized carbons (Fsp3) is 0.417. The van der Waals surface area contributed by atoms with Gasteiger partial charge < -0.3 is 14.6 Å². The van der Waals surface area contributed by atoms with Crippen LogP contribution in [0.5, 0.6) is 0 Å². The van der Waals surface area contributed by atoms with Gasteiger partial charge in [-0.05, 0) is 56.0 Å². The van der Waals surface area contributed by atoms with Crippen molar-refractivity contribution in [2.45, 2.75) is 43.5 Å². The molecule has 0 unspecified atom stereocenters. The number of ketones is 1. The van der Waals surface area contributed by atoms with Gasteiger partial charge in [-0.25, -0.2) is 4.39 Å². The molecule has 2 aliphatic rings. The van der Waals surface area contributed by atoms with Crippen molar-refractivity contribution in [1.82, 2.24) is 24.6 Å². The lowest BCUT2D eigenvalue weighted by Crippen LogP contribution is -2.27. The molecule has 1 atom stereocenters. The van der Waals surface area contributed by atoms with Gasteiger partial charge in [-0.15, -0.1) is 10.2 Å². The normalized spacial score (nSPS) is 18.0. The Morgan fingerprint density at radius 3 is 2.68 bits per heavy atom. The second-order valence-corrected chi connectivity index (χ2v) is 9.51. The summed E-state index contributed by atoms with van der Waals surface area (Å²) in [6.07, 6.45) is 5.62.